The molecule has 18 heavy (non-hydrogen) atoms. The molecule has 2 rings (SSSR count). The molecule has 0 fully saturated rings. The van der Waals surface area contributed by atoms with E-state index >= 15 is 0 Å². The van der Waals surface area contributed by atoms with Gasteiger partial charge in [0, 0.05) is 0 Å². The van der Waals surface area contributed by atoms with Gasteiger partial charge in [-0.3, -0.25) is 0 Å². The molecule has 0 aromatic heterocycles. The van der Waals surface area contributed by atoms with E-state index in [2.05, 4.69) is 0 Å². The Balaban J connectivity index is 2.50. The number of hydrogen-bond acceptors (Lipinski definition) is 2. The lowest BCUT2D eigenvalue weighted by molar-refractivity contribution is 0.101. The Morgan fingerprint density at radius 1 is 1.06 bits per heavy atom. The molecule has 0 bridgehead atoms. The lowest BCUT2D eigenvalue weighted by Crippen LogP contribution is -2.23. The van der Waals surface area contributed by atoms with Crippen molar-refractivity contribution >= 4 is 0 Å². The van der Waals surface area contributed by atoms with Gasteiger partial charge in [-0.15, -0.1) is 0 Å². The third-order valence-corrected chi connectivity index (χ3v) is 3.14. The second-order valence-electron chi connectivity index (χ2n) is 4.58. The van der Waals surface area contributed by atoms with Crippen molar-refractivity contribution in [3.8, 4) is 5.75 Å². The number of aryl methyl sites for hydroxylation is 1. The molecule has 2 aromatic rings. The maximum absolute atomic E-state index is 13.1. The van der Waals surface area contributed by atoms with Crippen LogP contribution >= 0.6 is 0 Å². The fourth-order valence-corrected chi connectivity index (χ4v) is 2.11. The molecule has 2 aromatic carbocycles. The van der Waals surface area contributed by atoms with E-state index in [4.69, 9.17) is 0 Å². The standard InChI is InChI=1S/C15H15FO2/c1-10-9-12(16)5-8-14(10)15(2,18)11-3-6-13(17)7-4-11/h3-9,17-18H,1-2H3. The number of phenolic OH excluding ortho intramolecular Hbond substituents is 1. The average molecular weight is 246 g/mol. The van der Waals surface area contributed by atoms with Gasteiger partial charge in [0.25, 0.3) is 0 Å². The highest BCUT2D eigenvalue weighted by Gasteiger charge is 2.27. The first kappa shape index (κ1) is 12.6. The van der Waals surface area contributed by atoms with Crippen LogP contribution < -0.4 is 0 Å². The minimum atomic E-state index is -1.22. The molecule has 2 N–H and O–H groups in total. The maximum atomic E-state index is 13.1. The molecule has 3 heteroatoms. The fraction of sp³-hybridized carbons (Fsp3) is 0.200. The SMILES string of the molecule is Cc1cc(F)ccc1C(C)(O)c1ccc(O)cc1. The Labute approximate surface area is 105 Å². The van der Waals surface area contributed by atoms with E-state index in [9.17, 15) is 14.6 Å². The summed E-state index contributed by atoms with van der Waals surface area (Å²) in [6.45, 7) is 3.41. The highest BCUT2D eigenvalue weighted by molar-refractivity contribution is 5.41. The largest absolute Gasteiger partial charge is 0.508 e. The molecule has 0 amide bonds. The molecule has 0 saturated heterocycles. The first-order valence-electron chi connectivity index (χ1n) is 5.70. The minimum Gasteiger partial charge on any atom is -0.508 e. The normalized spacial score (nSPS) is 14.2. The van der Waals surface area contributed by atoms with Crippen LogP contribution in [-0.2, 0) is 5.60 Å². The lowest BCUT2D eigenvalue weighted by atomic mass is 9.85. The van der Waals surface area contributed by atoms with Crippen molar-refractivity contribution in [3.05, 3.63) is 65.0 Å². The lowest BCUT2D eigenvalue weighted by Gasteiger charge is -2.26. The van der Waals surface area contributed by atoms with Crippen molar-refractivity contribution in [3.63, 3.8) is 0 Å². The van der Waals surface area contributed by atoms with Crippen LogP contribution in [0.4, 0.5) is 4.39 Å². The number of aromatic hydroxyl groups is 1. The van der Waals surface area contributed by atoms with E-state index in [1.165, 1.54) is 24.3 Å². The van der Waals surface area contributed by atoms with Gasteiger partial charge < -0.3 is 10.2 Å². The van der Waals surface area contributed by atoms with Gasteiger partial charge in [-0.2, -0.15) is 0 Å². The van der Waals surface area contributed by atoms with Crippen LogP contribution in [0, 0.1) is 12.7 Å². The number of benzene rings is 2. The van der Waals surface area contributed by atoms with Crippen LogP contribution in [0.25, 0.3) is 0 Å². The monoisotopic (exact) mass is 246 g/mol. The van der Waals surface area contributed by atoms with Gasteiger partial charge in [-0.1, -0.05) is 18.2 Å². The molecular formula is C15H15FO2. The Morgan fingerprint density at radius 2 is 1.67 bits per heavy atom. The topological polar surface area (TPSA) is 40.5 Å². The van der Waals surface area contributed by atoms with Crippen LogP contribution in [0.15, 0.2) is 42.5 Å². The van der Waals surface area contributed by atoms with Gasteiger partial charge in [0.1, 0.15) is 17.2 Å². The Morgan fingerprint density at radius 3 is 2.22 bits per heavy atom. The van der Waals surface area contributed by atoms with Crippen LogP contribution in [0.3, 0.4) is 0 Å². The predicted molar refractivity (Wildman–Crippen MR) is 67.9 cm³/mol. The molecule has 0 spiro atoms. The van der Waals surface area contributed by atoms with Gasteiger partial charge in [-0.25, -0.2) is 4.39 Å². The second-order valence-corrected chi connectivity index (χ2v) is 4.58. The third kappa shape index (κ3) is 2.22. The molecule has 0 aliphatic carbocycles. The second kappa shape index (κ2) is 4.42. The zero-order chi connectivity index (χ0) is 13.3. The summed E-state index contributed by atoms with van der Waals surface area (Å²) in [6.07, 6.45) is 0. The molecule has 94 valence electrons. The first-order chi connectivity index (χ1) is 8.41. The summed E-state index contributed by atoms with van der Waals surface area (Å²) in [5, 5.41) is 19.9. The molecule has 0 heterocycles. The summed E-state index contributed by atoms with van der Waals surface area (Å²) in [6, 6.07) is 10.6. The van der Waals surface area contributed by atoms with E-state index in [-0.39, 0.29) is 11.6 Å². The highest BCUT2D eigenvalue weighted by atomic mass is 19.1. The molecule has 0 saturated carbocycles. The van der Waals surface area contributed by atoms with Crippen molar-refractivity contribution in [2.75, 3.05) is 0 Å². The van der Waals surface area contributed by atoms with Crippen LogP contribution in [0.1, 0.15) is 23.6 Å². The van der Waals surface area contributed by atoms with E-state index in [1.807, 2.05) is 0 Å². The average Bonchev–Trinajstić information content (AvgIpc) is 2.29. The van der Waals surface area contributed by atoms with Crippen molar-refractivity contribution in [2.45, 2.75) is 19.4 Å². The Bertz CT molecular complexity index is 559. The van der Waals surface area contributed by atoms with Gasteiger partial charge in [0.2, 0.25) is 0 Å². The Kier molecular flexibility index (Phi) is 3.09. The van der Waals surface area contributed by atoms with Crippen molar-refractivity contribution in [1.82, 2.24) is 0 Å². The molecule has 2 nitrogen and oxygen atoms in total. The predicted octanol–water partition coefficient (Wildman–Crippen LogP) is 3.10. The van der Waals surface area contributed by atoms with Crippen LogP contribution in [0.2, 0.25) is 0 Å². The summed E-state index contributed by atoms with van der Waals surface area (Å²) >= 11 is 0. The maximum Gasteiger partial charge on any atom is 0.123 e. The van der Waals surface area contributed by atoms with E-state index in [0.29, 0.717) is 16.7 Å². The fourth-order valence-electron chi connectivity index (χ4n) is 2.11. The highest BCUT2D eigenvalue weighted by Crippen LogP contribution is 2.32. The number of hydrogen-bond donors (Lipinski definition) is 2. The van der Waals surface area contributed by atoms with Gasteiger partial charge >= 0.3 is 0 Å². The summed E-state index contributed by atoms with van der Waals surface area (Å²) in [5.41, 5.74) is 0.767. The smallest absolute Gasteiger partial charge is 0.123 e. The molecule has 0 radical (unpaired) electrons. The van der Waals surface area contributed by atoms with Crippen molar-refractivity contribution in [1.29, 1.82) is 0 Å². The van der Waals surface area contributed by atoms with E-state index in [0.717, 1.165) is 0 Å². The van der Waals surface area contributed by atoms with Crippen LogP contribution in [-0.4, -0.2) is 10.2 Å². The Hall–Kier alpha value is -1.87. The first-order valence-corrected chi connectivity index (χ1v) is 5.70. The molecule has 1 unspecified atom stereocenters. The van der Waals surface area contributed by atoms with Crippen LogP contribution in [0.5, 0.6) is 5.75 Å². The van der Waals surface area contributed by atoms with E-state index < -0.39 is 5.60 Å². The molecule has 0 aliphatic rings. The van der Waals surface area contributed by atoms with Gasteiger partial charge in [0.15, 0.2) is 0 Å². The summed E-state index contributed by atoms with van der Waals surface area (Å²) in [7, 11) is 0. The van der Waals surface area contributed by atoms with Gasteiger partial charge in [-0.05, 0) is 54.8 Å². The number of aliphatic hydroxyl groups is 1. The summed E-state index contributed by atoms with van der Waals surface area (Å²) in [4.78, 5) is 0. The zero-order valence-corrected chi connectivity index (χ0v) is 10.3. The molecule has 0 aliphatic heterocycles. The quantitative estimate of drug-likeness (QED) is 0.854. The van der Waals surface area contributed by atoms with Gasteiger partial charge in [0.05, 0.1) is 0 Å². The molecule has 1 atom stereocenters. The number of phenols is 1. The number of halogens is 1. The van der Waals surface area contributed by atoms with Crippen molar-refractivity contribution in [2.24, 2.45) is 0 Å². The zero-order valence-electron chi connectivity index (χ0n) is 10.3. The third-order valence-electron chi connectivity index (χ3n) is 3.14. The summed E-state index contributed by atoms with van der Waals surface area (Å²) in [5.74, 6) is -0.178. The van der Waals surface area contributed by atoms with Crippen molar-refractivity contribution < 1.29 is 14.6 Å². The number of rotatable bonds is 2. The summed E-state index contributed by atoms with van der Waals surface area (Å²) < 4.78 is 13.1. The minimum absolute atomic E-state index is 0.144. The van der Waals surface area contributed by atoms with E-state index in [1.54, 1.807) is 32.0 Å². The molecular weight excluding hydrogens is 231 g/mol.